The number of hydrogen-bond acceptors (Lipinski definition) is 4. The number of piperidine rings is 1. The first-order valence-corrected chi connectivity index (χ1v) is 6.22. The van der Waals surface area contributed by atoms with Crippen LogP contribution < -0.4 is 5.32 Å². The summed E-state index contributed by atoms with van der Waals surface area (Å²) in [6.45, 7) is 4.89. The van der Waals surface area contributed by atoms with Gasteiger partial charge < -0.3 is 15.0 Å². The molecular weight excluding hydrogens is 220 g/mol. The van der Waals surface area contributed by atoms with Crippen LogP contribution in [0.4, 0.5) is 0 Å². The second-order valence-corrected chi connectivity index (χ2v) is 4.53. The maximum absolute atomic E-state index is 11.4. The van der Waals surface area contributed by atoms with Gasteiger partial charge in [0.05, 0.1) is 6.61 Å². The summed E-state index contributed by atoms with van der Waals surface area (Å²) in [6.07, 6.45) is 2.05. The van der Waals surface area contributed by atoms with Crippen molar-refractivity contribution in [3.63, 3.8) is 0 Å². The average Bonchev–Trinajstić information content (AvgIpc) is 2.28. The smallest absolute Gasteiger partial charge is 0.315 e. The fourth-order valence-electron chi connectivity index (χ4n) is 1.93. The number of rotatable bonds is 5. The standard InChI is InChI=1S/C12H22N2O3/c1-3-17-12(16)8-11(15)13-9-10-4-6-14(2)7-5-10/h10H,3-9H2,1-2H3,(H,13,15). The number of nitrogens with one attached hydrogen (secondary N) is 1. The molecule has 0 aromatic heterocycles. The van der Waals surface area contributed by atoms with E-state index < -0.39 is 5.97 Å². The molecule has 0 unspecified atom stereocenters. The maximum atomic E-state index is 11.4. The zero-order valence-corrected chi connectivity index (χ0v) is 10.7. The molecular formula is C12H22N2O3. The topological polar surface area (TPSA) is 58.6 Å². The second kappa shape index (κ2) is 7.27. The van der Waals surface area contributed by atoms with Gasteiger partial charge in [-0.05, 0) is 45.8 Å². The van der Waals surface area contributed by atoms with Gasteiger partial charge in [0.1, 0.15) is 6.42 Å². The van der Waals surface area contributed by atoms with Crippen LogP contribution in [0.25, 0.3) is 0 Å². The van der Waals surface area contributed by atoms with Crippen LogP contribution in [-0.4, -0.2) is 50.1 Å². The summed E-state index contributed by atoms with van der Waals surface area (Å²) >= 11 is 0. The number of carbonyl (C=O) groups excluding carboxylic acids is 2. The van der Waals surface area contributed by atoms with Crippen molar-refractivity contribution in [2.75, 3.05) is 33.3 Å². The van der Waals surface area contributed by atoms with Gasteiger partial charge in [0, 0.05) is 6.54 Å². The van der Waals surface area contributed by atoms with Gasteiger partial charge in [-0.1, -0.05) is 0 Å². The third-order valence-corrected chi connectivity index (χ3v) is 3.04. The monoisotopic (exact) mass is 242 g/mol. The lowest BCUT2D eigenvalue weighted by Crippen LogP contribution is -2.37. The van der Waals surface area contributed by atoms with Crippen LogP contribution >= 0.6 is 0 Å². The van der Waals surface area contributed by atoms with Crippen LogP contribution in [0, 0.1) is 5.92 Å². The summed E-state index contributed by atoms with van der Waals surface area (Å²) in [5, 5.41) is 2.80. The highest BCUT2D eigenvalue weighted by Gasteiger charge is 2.18. The first-order chi connectivity index (χ1) is 8.11. The Kier molecular flexibility index (Phi) is 5.97. The van der Waals surface area contributed by atoms with Crippen LogP contribution in [0.15, 0.2) is 0 Å². The van der Waals surface area contributed by atoms with Crippen molar-refractivity contribution in [1.82, 2.24) is 10.2 Å². The molecule has 1 rings (SSSR count). The van der Waals surface area contributed by atoms with Crippen LogP contribution in [0.5, 0.6) is 0 Å². The zero-order chi connectivity index (χ0) is 12.7. The normalized spacial score (nSPS) is 17.8. The minimum atomic E-state index is -0.451. The largest absolute Gasteiger partial charge is 0.466 e. The molecule has 1 aliphatic rings. The van der Waals surface area contributed by atoms with Gasteiger partial charge in [-0.25, -0.2) is 0 Å². The molecule has 1 fully saturated rings. The van der Waals surface area contributed by atoms with E-state index in [9.17, 15) is 9.59 Å². The molecule has 1 aliphatic heterocycles. The van der Waals surface area contributed by atoms with E-state index in [4.69, 9.17) is 4.74 Å². The third-order valence-electron chi connectivity index (χ3n) is 3.04. The van der Waals surface area contributed by atoms with E-state index in [0.29, 0.717) is 19.1 Å². The molecule has 5 nitrogen and oxygen atoms in total. The lowest BCUT2D eigenvalue weighted by atomic mass is 9.97. The Hall–Kier alpha value is -1.10. The van der Waals surface area contributed by atoms with E-state index in [-0.39, 0.29) is 12.3 Å². The molecule has 0 aliphatic carbocycles. The highest BCUT2D eigenvalue weighted by atomic mass is 16.5. The molecule has 1 N–H and O–H groups in total. The van der Waals surface area contributed by atoms with Gasteiger partial charge >= 0.3 is 5.97 Å². The Bertz CT molecular complexity index is 260. The van der Waals surface area contributed by atoms with Crippen molar-refractivity contribution in [2.24, 2.45) is 5.92 Å². The van der Waals surface area contributed by atoms with Gasteiger partial charge in [0.25, 0.3) is 0 Å². The SMILES string of the molecule is CCOC(=O)CC(=O)NCC1CCN(C)CC1. The quantitative estimate of drug-likeness (QED) is 0.560. The molecule has 1 heterocycles. The number of nitrogens with zero attached hydrogens (tertiary/aromatic N) is 1. The molecule has 1 amide bonds. The predicted molar refractivity (Wildman–Crippen MR) is 64.5 cm³/mol. The first-order valence-electron chi connectivity index (χ1n) is 6.22. The lowest BCUT2D eigenvalue weighted by Gasteiger charge is -2.28. The van der Waals surface area contributed by atoms with Gasteiger partial charge in [0.2, 0.25) is 5.91 Å². The molecule has 5 heteroatoms. The summed E-state index contributed by atoms with van der Waals surface area (Å²) in [5.41, 5.74) is 0. The number of ether oxygens (including phenoxy) is 1. The Morgan fingerprint density at radius 1 is 1.35 bits per heavy atom. The molecule has 0 saturated carbocycles. The highest BCUT2D eigenvalue weighted by Crippen LogP contribution is 2.14. The first kappa shape index (κ1) is 14.0. The maximum Gasteiger partial charge on any atom is 0.315 e. The molecule has 0 atom stereocenters. The number of likely N-dealkylation sites (tertiary alicyclic amines) is 1. The fraction of sp³-hybridized carbons (Fsp3) is 0.833. The Balaban J connectivity index is 2.13. The Labute approximate surface area is 102 Å². The number of esters is 1. The van der Waals surface area contributed by atoms with Gasteiger partial charge in [-0.15, -0.1) is 0 Å². The molecule has 0 spiro atoms. The minimum Gasteiger partial charge on any atom is -0.466 e. The number of hydrogen-bond donors (Lipinski definition) is 1. The number of carbonyl (C=O) groups is 2. The van der Waals surface area contributed by atoms with E-state index in [1.165, 1.54) is 0 Å². The van der Waals surface area contributed by atoms with E-state index in [1.54, 1.807) is 6.92 Å². The van der Waals surface area contributed by atoms with Crippen LogP contribution in [0.1, 0.15) is 26.2 Å². The van der Waals surface area contributed by atoms with E-state index >= 15 is 0 Å². The fourth-order valence-corrected chi connectivity index (χ4v) is 1.93. The summed E-state index contributed by atoms with van der Waals surface area (Å²) in [5.74, 6) is -0.145. The second-order valence-electron chi connectivity index (χ2n) is 4.53. The number of amides is 1. The molecule has 98 valence electrons. The Morgan fingerprint density at radius 3 is 2.59 bits per heavy atom. The summed E-state index contributed by atoms with van der Waals surface area (Å²) < 4.78 is 4.71. The lowest BCUT2D eigenvalue weighted by molar-refractivity contribution is -0.146. The molecule has 0 aromatic rings. The van der Waals surface area contributed by atoms with Gasteiger partial charge in [-0.2, -0.15) is 0 Å². The van der Waals surface area contributed by atoms with E-state index in [0.717, 1.165) is 25.9 Å². The summed E-state index contributed by atoms with van der Waals surface area (Å²) in [4.78, 5) is 24.8. The van der Waals surface area contributed by atoms with Gasteiger partial charge in [0.15, 0.2) is 0 Å². The molecule has 1 saturated heterocycles. The van der Waals surface area contributed by atoms with E-state index in [1.807, 2.05) is 0 Å². The van der Waals surface area contributed by atoms with Gasteiger partial charge in [-0.3, -0.25) is 9.59 Å². The van der Waals surface area contributed by atoms with Crippen molar-refractivity contribution in [1.29, 1.82) is 0 Å². The molecule has 0 bridgehead atoms. The molecule has 0 radical (unpaired) electrons. The van der Waals surface area contributed by atoms with Crippen molar-refractivity contribution >= 4 is 11.9 Å². The van der Waals surface area contributed by atoms with Crippen molar-refractivity contribution < 1.29 is 14.3 Å². The van der Waals surface area contributed by atoms with Crippen LogP contribution in [-0.2, 0) is 14.3 Å². The Morgan fingerprint density at radius 2 is 2.00 bits per heavy atom. The third kappa shape index (κ3) is 5.68. The van der Waals surface area contributed by atoms with Crippen LogP contribution in [0.2, 0.25) is 0 Å². The van der Waals surface area contributed by atoms with Crippen molar-refractivity contribution in [3.8, 4) is 0 Å². The van der Waals surface area contributed by atoms with E-state index in [2.05, 4.69) is 17.3 Å². The average molecular weight is 242 g/mol. The summed E-state index contributed by atoms with van der Waals surface area (Å²) in [7, 11) is 2.11. The zero-order valence-electron chi connectivity index (χ0n) is 10.7. The molecule has 0 aromatic carbocycles. The predicted octanol–water partition coefficient (Wildman–Crippen LogP) is 0.398. The summed E-state index contributed by atoms with van der Waals surface area (Å²) in [6, 6.07) is 0. The minimum absolute atomic E-state index is 0.166. The van der Waals surface area contributed by atoms with Crippen molar-refractivity contribution in [2.45, 2.75) is 26.2 Å². The highest BCUT2D eigenvalue weighted by molar-refractivity contribution is 5.94. The van der Waals surface area contributed by atoms with Crippen molar-refractivity contribution in [3.05, 3.63) is 0 Å². The van der Waals surface area contributed by atoms with Crippen LogP contribution in [0.3, 0.4) is 0 Å². The molecule has 17 heavy (non-hydrogen) atoms.